The molecule has 1 fully saturated rings. The van der Waals surface area contributed by atoms with Gasteiger partial charge in [0.05, 0.1) is 19.0 Å². The molecule has 3 aromatic rings. The Hall–Kier alpha value is -2.47. The van der Waals surface area contributed by atoms with Gasteiger partial charge in [0, 0.05) is 6.04 Å². The lowest BCUT2D eigenvalue weighted by molar-refractivity contribution is -0.0275. The van der Waals surface area contributed by atoms with Crippen molar-refractivity contribution >= 4 is 17.0 Å². The van der Waals surface area contributed by atoms with E-state index in [1.54, 1.807) is 0 Å². The molecule has 6 heteroatoms. The number of aromatic nitrogens is 4. The van der Waals surface area contributed by atoms with Crippen LogP contribution in [0.1, 0.15) is 31.4 Å². The Balaban J connectivity index is 1.36. The maximum absolute atomic E-state index is 6.03. The predicted octanol–water partition coefficient (Wildman–Crippen LogP) is 2.96. The zero-order chi connectivity index (χ0) is 16.5. The van der Waals surface area contributed by atoms with Crippen LogP contribution in [0.4, 0.5) is 5.82 Å². The third-order valence-corrected chi connectivity index (χ3v) is 4.95. The van der Waals surface area contributed by atoms with E-state index in [9.17, 15) is 0 Å². The number of ether oxygens (including phenoxy) is 1. The smallest absolute Gasteiger partial charge is 0.165 e. The van der Waals surface area contributed by atoms with Gasteiger partial charge in [0.1, 0.15) is 11.8 Å². The maximum atomic E-state index is 6.03. The Bertz CT molecular complexity index is 826. The van der Waals surface area contributed by atoms with Crippen molar-refractivity contribution in [1.29, 1.82) is 0 Å². The van der Waals surface area contributed by atoms with Crippen molar-refractivity contribution in [2.75, 3.05) is 5.73 Å². The number of benzene rings is 1. The minimum atomic E-state index is 0.246. The van der Waals surface area contributed by atoms with Crippen LogP contribution in [0, 0.1) is 5.92 Å². The molecule has 2 N–H and O–H groups in total. The topological polar surface area (TPSA) is 78.9 Å². The minimum absolute atomic E-state index is 0.246. The first-order valence-electron chi connectivity index (χ1n) is 8.31. The van der Waals surface area contributed by atoms with Crippen LogP contribution < -0.4 is 5.73 Å². The number of hydrogen-bond donors (Lipinski definition) is 1. The summed E-state index contributed by atoms with van der Waals surface area (Å²) in [5, 5.41) is 0. The van der Waals surface area contributed by atoms with Gasteiger partial charge < -0.3 is 15.0 Å². The number of fused-ring (bicyclic) bond motifs is 1. The molecule has 1 saturated carbocycles. The Morgan fingerprint density at radius 2 is 2.00 bits per heavy atom. The molecule has 0 aliphatic heterocycles. The second-order valence-electron chi connectivity index (χ2n) is 6.47. The molecule has 4 rings (SSSR count). The molecule has 0 spiro atoms. The van der Waals surface area contributed by atoms with Gasteiger partial charge in [-0.3, -0.25) is 0 Å². The van der Waals surface area contributed by atoms with Crippen LogP contribution in [0.5, 0.6) is 0 Å². The average molecular weight is 323 g/mol. The normalized spacial score (nSPS) is 21.5. The van der Waals surface area contributed by atoms with Gasteiger partial charge in [-0.1, -0.05) is 30.3 Å². The molecule has 1 unspecified atom stereocenters. The third kappa shape index (κ3) is 2.73. The quantitative estimate of drug-likeness (QED) is 0.781. The molecule has 6 nitrogen and oxygen atoms in total. The molecular weight excluding hydrogens is 302 g/mol. The fourth-order valence-electron chi connectivity index (χ4n) is 3.32. The molecule has 2 aromatic heterocycles. The second-order valence-corrected chi connectivity index (χ2v) is 6.47. The van der Waals surface area contributed by atoms with Crippen molar-refractivity contribution < 1.29 is 4.74 Å². The van der Waals surface area contributed by atoms with Crippen molar-refractivity contribution in [2.45, 2.75) is 38.5 Å². The van der Waals surface area contributed by atoms with Gasteiger partial charge in [-0.25, -0.2) is 15.0 Å². The third-order valence-electron chi connectivity index (χ3n) is 4.95. The maximum Gasteiger partial charge on any atom is 0.165 e. The zero-order valence-electron chi connectivity index (χ0n) is 13.7. The van der Waals surface area contributed by atoms with Crippen LogP contribution >= 0.6 is 0 Å². The van der Waals surface area contributed by atoms with Gasteiger partial charge in [-0.2, -0.15) is 0 Å². The van der Waals surface area contributed by atoms with Gasteiger partial charge in [0.2, 0.25) is 0 Å². The van der Waals surface area contributed by atoms with Gasteiger partial charge in [0.25, 0.3) is 0 Å². The summed E-state index contributed by atoms with van der Waals surface area (Å²) in [6.45, 7) is 2.83. The summed E-state index contributed by atoms with van der Waals surface area (Å²) in [6.07, 6.45) is 5.72. The Kier molecular flexibility index (Phi) is 3.90. The minimum Gasteiger partial charge on any atom is -0.382 e. The van der Waals surface area contributed by atoms with Crippen LogP contribution in [0.15, 0.2) is 43.0 Å². The number of imidazole rings is 1. The predicted molar refractivity (Wildman–Crippen MR) is 92.2 cm³/mol. The van der Waals surface area contributed by atoms with E-state index >= 15 is 0 Å². The second kappa shape index (κ2) is 6.20. The fourth-order valence-corrected chi connectivity index (χ4v) is 3.32. The van der Waals surface area contributed by atoms with E-state index in [2.05, 4.69) is 38.6 Å². The highest BCUT2D eigenvalue weighted by molar-refractivity contribution is 5.81. The lowest BCUT2D eigenvalue weighted by Gasteiger charge is -2.39. The summed E-state index contributed by atoms with van der Waals surface area (Å²) in [6, 6.07) is 10.7. The van der Waals surface area contributed by atoms with Crippen LogP contribution in [-0.2, 0) is 11.3 Å². The number of nitrogens with two attached hydrogens (primary N) is 1. The molecule has 0 saturated heterocycles. The number of nitrogens with zero attached hydrogens (tertiary/aromatic N) is 4. The summed E-state index contributed by atoms with van der Waals surface area (Å²) in [5.41, 5.74) is 8.58. The zero-order valence-corrected chi connectivity index (χ0v) is 13.7. The Morgan fingerprint density at radius 1 is 1.21 bits per heavy atom. The Labute approximate surface area is 140 Å². The average Bonchev–Trinajstić information content (AvgIpc) is 2.98. The molecule has 1 aliphatic carbocycles. The summed E-state index contributed by atoms with van der Waals surface area (Å²) in [5.74, 6) is 1.00. The molecule has 0 amide bonds. The van der Waals surface area contributed by atoms with Crippen LogP contribution in [-0.4, -0.2) is 25.6 Å². The lowest BCUT2D eigenvalue weighted by Crippen LogP contribution is -2.35. The molecule has 0 radical (unpaired) electrons. The highest BCUT2D eigenvalue weighted by atomic mass is 16.5. The van der Waals surface area contributed by atoms with Crippen molar-refractivity contribution in [3.05, 3.63) is 48.5 Å². The summed E-state index contributed by atoms with van der Waals surface area (Å²) < 4.78 is 8.15. The van der Waals surface area contributed by atoms with E-state index in [0.29, 0.717) is 29.9 Å². The molecule has 2 heterocycles. The lowest BCUT2D eigenvalue weighted by atomic mass is 9.77. The standard InChI is InChI=1S/C18H21N5O/c1-12(24-9-13-5-3-2-4-6-13)14-7-15(8-14)23-11-22-16-17(19)20-10-21-18(16)23/h2-6,10-12,14-15H,7-9H2,1H3,(H2,19,20,21). The molecule has 1 atom stereocenters. The van der Waals surface area contributed by atoms with E-state index in [4.69, 9.17) is 10.5 Å². The molecule has 124 valence electrons. The van der Waals surface area contributed by atoms with Crippen molar-refractivity contribution in [1.82, 2.24) is 19.5 Å². The highest BCUT2D eigenvalue weighted by Gasteiger charge is 2.35. The van der Waals surface area contributed by atoms with Crippen LogP contribution in [0.3, 0.4) is 0 Å². The van der Waals surface area contributed by atoms with Crippen molar-refractivity contribution in [3.63, 3.8) is 0 Å². The van der Waals surface area contributed by atoms with Crippen LogP contribution in [0.2, 0.25) is 0 Å². The largest absolute Gasteiger partial charge is 0.382 e. The van der Waals surface area contributed by atoms with Gasteiger partial charge in [-0.05, 0) is 31.2 Å². The van der Waals surface area contributed by atoms with Crippen molar-refractivity contribution in [2.24, 2.45) is 5.92 Å². The van der Waals surface area contributed by atoms with E-state index in [1.165, 1.54) is 11.9 Å². The molecule has 1 aromatic carbocycles. The molecule has 1 aliphatic rings. The van der Waals surface area contributed by atoms with E-state index in [1.807, 2.05) is 24.5 Å². The first-order chi connectivity index (χ1) is 11.7. The monoisotopic (exact) mass is 323 g/mol. The van der Waals surface area contributed by atoms with E-state index in [-0.39, 0.29) is 6.10 Å². The first-order valence-corrected chi connectivity index (χ1v) is 8.31. The number of hydrogen-bond acceptors (Lipinski definition) is 5. The van der Waals surface area contributed by atoms with Crippen molar-refractivity contribution in [3.8, 4) is 0 Å². The van der Waals surface area contributed by atoms with E-state index < -0.39 is 0 Å². The summed E-state index contributed by atoms with van der Waals surface area (Å²) in [4.78, 5) is 12.7. The van der Waals surface area contributed by atoms with E-state index in [0.717, 1.165) is 18.5 Å². The summed E-state index contributed by atoms with van der Waals surface area (Å²) >= 11 is 0. The molecule has 0 bridgehead atoms. The molecule has 24 heavy (non-hydrogen) atoms. The SMILES string of the molecule is CC(OCc1ccccc1)C1CC(n2cnc3c(N)ncnc32)C1. The summed E-state index contributed by atoms with van der Waals surface area (Å²) in [7, 11) is 0. The van der Waals surface area contributed by atoms with Gasteiger partial charge in [-0.15, -0.1) is 0 Å². The highest BCUT2D eigenvalue weighted by Crippen LogP contribution is 2.42. The van der Waals surface area contributed by atoms with Gasteiger partial charge in [0.15, 0.2) is 11.5 Å². The molecular formula is C18H21N5O. The van der Waals surface area contributed by atoms with Gasteiger partial charge >= 0.3 is 0 Å². The number of nitrogen functional groups attached to an aromatic ring is 1. The number of anilines is 1. The fraction of sp³-hybridized carbons (Fsp3) is 0.389. The van der Waals surface area contributed by atoms with Crippen LogP contribution in [0.25, 0.3) is 11.2 Å². The Morgan fingerprint density at radius 3 is 2.79 bits per heavy atom. The first kappa shape index (κ1) is 15.1. The number of rotatable bonds is 5.